The van der Waals surface area contributed by atoms with Crippen molar-refractivity contribution >= 4 is 56.5 Å². The molecule has 7 heteroatoms. The number of halogens is 3. The van der Waals surface area contributed by atoms with Crippen molar-refractivity contribution in [1.82, 2.24) is 9.97 Å². The second-order valence-electron chi connectivity index (χ2n) is 4.29. The van der Waals surface area contributed by atoms with Gasteiger partial charge in [0.25, 0.3) is 0 Å². The molecule has 0 aliphatic rings. The third-order valence-electron chi connectivity index (χ3n) is 2.74. The maximum absolute atomic E-state index is 6.24. The van der Waals surface area contributed by atoms with Gasteiger partial charge in [-0.15, -0.1) is 0 Å². The molecule has 1 aromatic carbocycles. The second kappa shape index (κ2) is 7.29. The van der Waals surface area contributed by atoms with E-state index in [2.05, 4.69) is 36.5 Å². The summed E-state index contributed by atoms with van der Waals surface area (Å²) in [6.45, 7) is 4.83. The van der Waals surface area contributed by atoms with Crippen molar-refractivity contribution in [3.05, 3.63) is 38.5 Å². The maximum Gasteiger partial charge on any atom is 0.136 e. The van der Waals surface area contributed by atoms with E-state index >= 15 is 0 Å². The molecule has 0 radical (unpaired) electrons. The van der Waals surface area contributed by atoms with Gasteiger partial charge >= 0.3 is 0 Å². The Kier molecular flexibility index (Phi) is 5.67. The molecule has 0 saturated carbocycles. The van der Waals surface area contributed by atoms with Crippen molar-refractivity contribution in [3.8, 4) is 0 Å². The van der Waals surface area contributed by atoms with Crippen molar-refractivity contribution in [2.45, 2.75) is 20.3 Å². The summed E-state index contributed by atoms with van der Waals surface area (Å²) in [5, 5.41) is 7.29. The molecule has 0 spiro atoms. The van der Waals surface area contributed by atoms with Crippen LogP contribution in [0.25, 0.3) is 0 Å². The van der Waals surface area contributed by atoms with Gasteiger partial charge in [0.05, 0.1) is 15.7 Å². The molecule has 1 aromatic heterocycles. The molecule has 0 unspecified atom stereocenters. The van der Waals surface area contributed by atoms with Crippen LogP contribution in [0.5, 0.6) is 0 Å². The molecule has 4 nitrogen and oxygen atoms in total. The zero-order valence-electron chi connectivity index (χ0n) is 11.7. The fourth-order valence-electron chi connectivity index (χ4n) is 1.75. The molecule has 0 atom stereocenters. The molecule has 2 rings (SSSR count). The Morgan fingerprint density at radius 3 is 2.48 bits per heavy atom. The van der Waals surface area contributed by atoms with E-state index < -0.39 is 0 Å². The van der Waals surface area contributed by atoms with Gasteiger partial charge in [0.15, 0.2) is 0 Å². The molecule has 0 saturated heterocycles. The van der Waals surface area contributed by atoms with Gasteiger partial charge in [-0.05, 0) is 35.0 Å². The zero-order valence-corrected chi connectivity index (χ0v) is 14.8. The number of nitrogens with one attached hydrogen (secondary N) is 2. The molecule has 21 heavy (non-hydrogen) atoms. The minimum absolute atomic E-state index is 0.452. The summed E-state index contributed by atoms with van der Waals surface area (Å²) < 4.78 is 0.755. The minimum Gasteiger partial charge on any atom is -0.370 e. The molecule has 112 valence electrons. The topological polar surface area (TPSA) is 49.8 Å². The Hall–Kier alpha value is -1.04. The van der Waals surface area contributed by atoms with Gasteiger partial charge in [0.1, 0.15) is 17.5 Å². The highest BCUT2D eigenvalue weighted by atomic mass is 79.9. The van der Waals surface area contributed by atoms with Crippen molar-refractivity contribution in [2.75, 3.05) is 17.2 Å². The molecule has 0 aliphatic carbocycles. The number of benzene rings is 1. The van der Waals surface area contributed by atoms with Gasteiger partial charge in [-0.3, -0.25) is 0 Å². The van der Waals surface area contributed by atoms with Gasteiger partial charge in [0.2, 0.25) is 0 Å². The Labute approximate surface area is 142 Å². The molecule has 1 heterocycles. The predicted octanol–water partition coefficient (Wildman–Crippen LogP) is 5.28. The Bertz CT molecular complexity index is 649. The number of hydrogen-bond donors (Lipinski definition) is 2. The third kappa shape index (κ3) is 3.99. The Morgan fingerprint density at radius 2 is 1.81 bits per heavy atom. The fourth-order valence-corrected chi connectivity index (χ4v) is 2.57. The quantitative estimate of drug-likeness (QED) is 0.682. The molecule has 0 bridgehead atoms. The first-order valence-electron chi connectivity index (χ1n) is 6.57. The lowest BCUT2D eigenvalue weighted by Gasteiger charge is -2.12. The van der Waals surface area contributed by atoms with E-state index in [0.717, 1.165) is 29.1 Å². The zero-order chi connectivity index (χ0) is 15.4. The largest absolute Gasteiger partial charge is 0.370 e. The van der Waals surface area contributed by atoms with Crippen LogP contribution in [0.15, 0.2) is 22.7 Å². The molecule has 0 fully saturated rings. The van der Waals surface area contributed by atoms with Crippen molar-refractivity contribution in [3.63, 3.8) is 0 Å². The second-order valence-corrected chi connectivity index (χ2v) is 5.90. The number of nitrogens with zero attached hydrogens (tertiary/aromatic N) is 2. The van der Waals surface area contributed by atoms with Crippen LogP contribution >= 0.6 is 39.1 Å². The van der Waals surface area contributed by atoms with E-state index in [9.17, 15) is 0 Å². The number of rotatable bonds is 5. The van der Waals surface area contributed by atoms with Crippen LogP contribution in [0.2, 0.25) is 10.0 Å². The summed E-state index contributed by atoms with van der Waals surface area (Å²) in [6.07, 6.45) is 0.753. The summed E-state index contributed by atoms with van der Waals surface area (Å²) in [4.78, 5) is 8.86. The lowest BCUT2D eigenvalue weighted by Crippen LogP contribution is -2.05. The first kappa shape index (κ1) is 16.3. The standard InChI is InChI=1S/C14H15BrCl2N4/c1-3-10-20-11(18-4-2)7-12(21-10)19-9-6-5-8(15)13(16)14(9)17/h5-7H,3-4H2,1-2H3,(H2,18,19,20,21). The first-order valence-corrected chi connectivity index (χ1v) is 8.12. The van der Waals surface area contributed by atoms with Crippen LogP contribution in [0.1, 0.15) is 19.7 Å². The van der Waals surface area contributed by atoms with E-state index in [1.807, 2.05) is 32.0 Å². The lowest BCUT2D eigenvalue weighted by molar-refractivity contribution is 0.939. The highest BCUT2D eigenvalue weighted by molar-refractivity contribution is 9.10. The molecule has 2 N–H and O–H groups in total. The highest BCUT2D eigenvalue weighted by Crippen LogP contribution is 2.37. The van der Waals surface area contributed by atoms with Crippen molar-refractivity contribution in [2.24, 2.45) is 0 Å². The first-order chi connectivity index (χ1) is 10.0. The van der Waals surface area contributed by atoms with Gasteiger partial charge < -0.3 is 10.6 Å². The van der Waals surface area contributed by atoms with E-state index in [0.29, 0.717) is 21.6 Å². The van der Waals surface area contributed by atoms with Crippen LogP contribution in [0, 0.1) is 0 Å². The normalized spacial score (nSPS) is 10.5. The summed E-state index contributed by atoms with van der Waals surface area (Å²) in [7, 11) is 0. The predicted molar refractivity (Wildman–Crippen MR) is 93.0 cm³/mol. The SMILES string of the molecule is CCNc1cc(Nc2ccc(Br)c(Cl)c2Cl)nc(CC)n1. The van der Waals surface area contributed by atoms with Gasteiger partial charge in [-0.2, -0.15) is 0 Å². The van der Waals surface area contributed by atoms with Gasteiger partial charge in [-0.1, -0.05) is 30.1 Å². The van der Waals surface area contributed by atoms with E-state index in [-0.39, 0.29) is 0 Å². The summed E-state index contributed by atoms with van der Waals surface area (Å²) in [5.74, 6) is 2.22. The van der Waals surface area contributed by atoms with Crippen LogP contribution in [0.3, 0.4) is 0 Å². The molecule has 0 aliphatic heterocycles. The van der Waals surface area contributed by atoms with Gasteiger partial charge in [0, 0.05) is 23.5 Å². The average Bonchev–Trinajstić information content (AvgIpc) is 2.48. The van der Waals surface area contributed by atoms with Gasteiger partial charge in [-0.25, -0.2) is 9.97 Å². The Balaban J connectivity index is 2.34. The van der Waals surface area contributed by atoms with Crippen LogP contribution in [-0.4, -0.2) is 16.5 Å². The summed E-state index contributed by atoms with van der Waals surface area (Å²) in [6, 6.07) is 5.53. The summed E-state index contributed by atoms with van der Waals surface area (Å²) in [5.41, 5.74) is 0.702. The highest BCUT2D eigenvalue weighted by Gasteiger charge is 2.10. The molecular formula is C14H15BrCl2N4. The van der Waals surface area contributed by atoms with Crippen LogP contribution in [-0.2, 0) is 6.42 Å². The van der Waals surface area contributed by atoms with E-state index in [1.165, 1.54) is 0 Å². The van der Waals surface area contributed by atoms with E-state index in [4.69, 9.17) is 23.2 Å². The van der Waals surface area contributed by atoms with Crippen molar-refractivity contribution in [1.29, 1.82) is 0 Å². The average molecular weight is 390 g/mol. The molecular weight excluding hydrogens is 375 g/mol. The monoisotopic (exact) mass is 388 g/mol. The van der Waals surface area contributed by atoms with Crippen LogP contribution < -0.4 is 10.6 Å². The number of aryl methyl sites for hydroxylation is 1. The van der Waals surface area contributed by atoms with Crippen molar-refractivity contribution < 1.29 is 0 Å². The maximum atomic E-state index is 6.24. The fraction of sp³-hybridized carbons (Fsp3) is 0.286. The molecule has 2 aromatic rings. The number of aromatic nitrogens is 2. The minimum atomic E-state index is 0.452. The summed E-state index contributed by atoms with van der Waals surface area (Å²) >= 11 is 15.7. The number of hydrogen-bond acceptors (Lipinski definition) is 4. The molecule has 0 amide bonds. The van der Waals surface area contributed by atoms with E-state index in [1.54, 1.807) is 0 Å². The third-order valence-corrected chi connectivity index (χ3v) is 4.52. The van der Waals surface area contributed by atoms with Crippen LogP contribution in [0.4, 0.5) is 17.3 Å². The number of anilines is 3. The lowest BCUT2D eigenvalue weighted by atomic mass is 10.3. The Morgan fingerprint density at radius 1 is 1.10 bits per heavy atom. The smallest absolute Gasteiger partial charge is 0.136 e.